The van der Waals surface area contributed by atoms with Gasteiger partial charge in [0.2, 0.25) is 0 Å². The highest BCUT2D eigenvalue weighted by Gasteiger charge is 2.52. The Morgan fingerprint density at radius 3 is 1.92 bits per heavy atom. The van der Waals surface area contributed by atoms with E-state index in [2.05, 4.69) is 12.1 Å². The van der Waals surface area contributed by atoms with E-state index >= 15 is 0 Å². The van der Waals surface area contributed by atoms with Crippen LogP contribution in [-0.4, -0.2) is 70.4 Å². The summed E-state index contributed by atoms with van der Waals surface area (Å²) in [6.45, 7) is 16.8. The molecular weight excluding hydrogens is 496 g/mol. The van der Waals surface area contributed by atoms with Crippen LogP contribution in [0.25, 0.3) is 0 Å². The lowest BCUT2D eigenvalue weighted by molar-refractivity contribution is -0.0746. The van der Waals surface area contributed by atoms with Crippen LogP contribution in [0.4, 0.5) is 9.59 Å². The Hall–Kier alpha value is -2.32. The van der Waals surface area contributed by atoms with Gasteiger partial charge in [-0.2, -0.15) is 0 Å². The molecule has 0 spiro atoms. The van der Waals surface area contributed by atoms with E-state index in [1.165, 1.54) is 0 Å². The van der Waals surface area contributed by atoms with Crippen molar-refractivity contribution < 1.29 is 28.5 Å². The van der Waals surface area contributed by atoms with Crippen LogP contribution in [0.1, 0.15) is 86.6 Å². The highest BCUT2D eigenvalue weighted by molar-refractivity contribution is 5.70. The number of ether oxygens (including phenoxy) is 4. The molecule has 0 aromatic heterocycles. The van der Waals surface area contributed by atoms with Gasteiger partial charge in [-0.25, -0.2) is 9.59 Å². The zero-order valence-corrected chi connectivity index (χ0v) is 25.1. The highest BCUT2D eigenvalue weighted by atomic mass is 16.6. The monoisotopic (exact) mass is 544 g/mol. The molecule has 1 saturated carbocycles. The van der Waals surface area contributed by atoms with E-state index in [9.17, 15) is 9.59 Å². The second-order valence-corrected chi connectivity index (χ2v) is 13.7. The average molecular weight is 545 g/mol. The van der Waals surface area contributed by atoms with Crippen molar-refractivity contribution in [2.75, 3.05) is 19.8 Å². The maximum Gasteiger partial charge on any atom is 0.412 e. The Balaban J connectivity index is 1.53. The first-order chi connectivity index (χ1) is 18.1. The molecule has 1 aromatic carbocycles. The van der Waals surface area contributed by atoms with Crippen LogP contribution >= 0.6 is 0 Å². The van der Waals surface area contributed by atoms with Crippen molar-refractivity contribution in [1.29, 1.82) is 0 Å². The van der Waals surface area contributed by atoms with E-state index in [-0.39, 0.29) is 30.1 Å². The van der Waals surface area contributed by atoms with E-state index in [1.807, 2.05) is 73.6 Å². The van der Waals surface area contributed by atoms with Crippen molar-refractivity contribution in [3.05, 3.63) is 35.9 Å². The lowest BCUT2D eigenvalue weighted by atomic mass is 9.75. The summed E-state index contributed by atoms with van der Waals surface area (Å²) in [6, 6.07) is 10.2. The Bertz CT molecular complexity index is 989. The molecule has 4 rings (SSSR count). The number of amides is 2. The molecule has 8 heteroatoms. The molecule has 218 valence electrons. The van der Waals surface area contributed by atoms with Gasteiger partial charge in [-0.15, -0.1) is 0 Å². The number of carbonyl (C=O) groups excluding carboxylic acids is 2. The fourth-order valence-electron chi connectivity index (χ4n) is 6.84. The largest absolute Gasteiger partial charge is 0.449 e. The molecule has 1 aromatic rings. The van der Waals surface area contributed by atoms with E-state index < -0.39 is 22.5 Å². The van der Waals surface area contributed by atoms with Gasteiger partial charge in [-0.05, 0) is 79.7 Å². The molecule has 3 fully saturated rings. The second-order valence-electron chi connectivity index (χ2n) is 13.7. The van der Waals surface area contributed by atoms with Crippen LogP contribution in [0.5, 0.6) is 0 Å². The third-order valence-corrected chi connectivity index (χ3v) is 8.61. The van der Waals surface area contributed by atoms with Crippen LogP contribution in [0, 0.1) is 11.8 Å². The van der Waals surface area contributed by atoms with Crippen LogP contribution in [0.3, 0.4) is 0 Å². The van der Waals surface area contributed by atoms with Gasteiger partial charge in [0.15, 0.2) is 0 Å². The van der Waals surface area contributed by atoms with Crippen molar-refractivity contribution >= 4 is 12.2 Å². The molecule has 1 aliphatic carbocycles. The highest BCUT2D eigenvalue weighted by Crippen LogP contribution is 2.40. The fourth-order valence-corrected chi connectivity index (χ4v) is 6.84. The van der Waals surface area contributed by atoms with E-state index in [0.29, 0.717) is 26.2 Å². The summed E-state index contributed by atoms with van der Waals surface area (Å²) >= 11 is 0. The molecule has 0 unspecified atom stereocenters. The molecule has 0 N–H and O–H groups in total. The molecule has 8 nitrogen and oxygen atoms in total. The fraction of sp³-hybridized carbons (Fsp3) is 0.742. The van der Waals surface area contributed by atoms with Crippen LogP contribution in [-0.2, 0) is 25.4 Å². The molecule has 39 heavy (non-hydrogen) atoms. The quantitative estimate of drug-likeness (QED) is 0.414. The predicted octanol–water partition coefficient (Wildman–Crippen LogP) is 6.37. The summed E-state index contributed by atoms with van der Waals surface area (Å²) < 4.78 is 24.2. The third-order valence-electron chi connectivity index (χ3n) is 8.61. The van der Waals surface area contributed by atoms with Gasteiger partial charge < -0.3 is 18.9 Å². The van der Waals surface area contributed by atoms with Crippen molar-refractivity contribution in [1.82, 2.24) is 9.80 Å². The molecule has 2 amide bonds. The standard InChI is InChI=1S/C31H48N2O6/c1-28(2)20-37-30(5,6)32(28)26(34)36-19-23-16-12-13-17-24(23)25(18-22-14-10-9-11-15-22)39-27(35)33-29(3,4)21-38-31(33,7)8/h9-11,14-15,23-25H,12-13,16-21H2,1-8H3/t23-,24-,25+/m1/s1. The number of rotatable bonds is 6. The van der Waals surface area contributed by atoms with Gasteiger partial charge in [0.25, 0.3) is 0 Å². The van der Waals surface area contributed by atoms with Gasteiger partial charge in [0.1, 0.15) is 17.6 Å². The van der Waals surface area contributed by atoms with Gasteiger partial charge in [0, 0.05) is 12.3 Å². The minimum absolute atomic E-state index is 0.0706. The molecule has 2 saturated heterocycles. The number of hydrogen-bond donors (Lipinski definition) is 0. The average Bonchev–Trinajstić information content (AvgIpc) is 3.22. The van der Waals surface area contributed by atoms with Gasteiger partial charge in [-0.1, -0.05) is 43.2 Å². The van der Waals surface area contributed by atoms with Crippen LogP contribution in [0.15, 0.2) is 30.3 Å². The minimum Gasteiger partial charge on any atom is -0.449 e. The van der Waals surface area contributed by atoms with E-state index in [1.54, 1.807) is 9.80 Å². The van der Waals surface area contributed by atoms with Gasteiger partial charge in [0.05, 0.1) is 30.9 Å². The maximum absolute atomic E-state index is 13.7. The third kappa shape index (κ3) is 6.37. The molecule has 2 heterocycles. The SMILES string of the molecule is CC1(C)COC(C)(C)N1C(=O)OC[C@H]1CCCC[C@H]1[C@H](Cc1ccccc1)OC(=O)N1C(C)(C)COC1(C)C. The first-order valence-corrected chi connectivity index (χ1v) is 14.4. The zero-order chi connectivity index (χ0) is 28.6. The summed E-state index contributed by atoms with van der Waals surface area (Å²) in [6.07, 6.45) is 3.50. The second kappa shape index (κ2) is 10.9. The van der Waals surface area contributed by atoms with Gasteiger partial charge in [-0.3, -0.25) is 9.80 Å². The molecule has 0 radical (unpaired) electrons. The summed E-state index contributed by atoms with van der Waals surface area (Å²) in [4.78, 5) is 30.5. The lowest BCUT2D eigenvalue weighted by Crippen LogP contribution is -2.54. The Morgan fingerprint density at radius 1 is 0.846 bits per heavy atom. The normalized spacial score (nSPS) is 27.7. The summed E-state index contributed by atoms with van der Waals surface area (Å²) in [5, 5.41) is 0. The first-order valence-electron chi connectivity index (χ1n) is 14.4. The number of hydrogen-bond acceptors (Lipinski definition) is 6. The number of carbonyl (C=O) groups is 2. The number of nitrogens with zero attached hydrogens (tertiary/aromatic N) is 2. The summed E-state index contributed by atoms with van der Waals surface area (Å²) in [5.41, 5.74) is -1.29. The maximum atomic E-state index is 13.7. The number of benzene rings is 1. The lowest BCUT2D eigenvalue weighted by Gasteiger charge is -2.41. The first kappa shape index (κ1) is 29.7. The Kier molecular flexibility index (Phi) is 8.31. The van der Waals surface area contributed by atoms with Gasteiger partial charge >= 0.3 is 12.2 Å². The van der Waals surface area contributed by atoms with Crippen molar-refractivity contribution in [2.24, 2.45) is 11.8 Å². The topological polar surface area (TPSA) is 77.5 Å². The molecule has 3 aliphatic rings. The summed E-state index contributed by atoms with van der Waals surface area (Å²) in [7, 11) is 0. The van der Waals surface area contributed by atoms with E-state index in [4.69, 9.17) is 18.9 Å². The van der Waals surface area contributed by atoms with Crippen LogP contribution in [0.2, 0.25) is 0 Å². The molecule has 2 aliphatic heterocycles. The molecular formula is C31H48N2O6. The smallest absolute Gasteiger partial charge is 0.412 e. The van der Waals surface area contributed by atoms with Crippen molar-refractivity contribution in [3.8, 4) is 0 Å². The Morgan fingerprint density at radius 2 is 1.38 bits per heavy atom. The Labute approximate surface area is 234 Å². The van der Waals surface area contributed by atoms with Crippen LogP contribution < -0.4 is 0 Å². The molecule has 0 bridgehead atoms. The van der Waals surface area contributed by atoms with Crippen molar-refractivity contribution in [2.45, 2.75) is 116 Å². The minimum atomic E-state index is -0.753. The summed E-state index contributed by atoms with van der Waals surface area (Å²) in [5.74, 6) is 0.163. The van der Waals surface area contributed by atoms with Crippen molar-refractivity contribution in [3.63, 3.8) is 0 Å². The van der Waals surface area contributed by atoms with E-state index in [0.717, 1.165) is 31.2 Å². The zero-order valence-electron chi connectivity index (χ0n) is 25.1. The molecule has 3 atom stereocenters. The predicted molar refractivity (Wildman–Crippen MR) is 149 cm³/mol.